The van der Waals surface area contributed by atoms with Gasteiger partial charge in [0.05, 0.1) is 0 Å². The summed E-state index contributed by atoms with van der Waals surface area (Å²) >= 11 is 1.78. The van der Waals surface area contributed by atoms with E-state index in [9.17, 15) is 0 Å². The molecule has 0 amide bonds. The predicted molar refractivity (Wildman–Crippen MR) is 20.8 cm³/mol. The molecule has 1 heteroatoms. The Morgan fingerprint density at radius 2 is 2.25 bits per heavy atom. The summed E-state index contributed by atoms with van der Waals surface area (Å²) in [6, 6.07) is 0. The van der Waals surface area contributed by atoms with Crippen molar-refractivity contribution in [1.29, 1.82) is 0 Å². The van der Waals surface area contributed by atoms with Crippen LogP contribution in [0.3, 0.4) is 0 Å². The van der Waals surface area contributed by atoms with Crippen molar-refractivity contribution in [2.24, 2.45) is 0 Å². The van der Waals surface area contributed by atoms with Gasteiger partial charge >= 0.3 is 40.0 Å². The van der Waals surface area contributed by atoms with Crippen molar-refractivity contribution in [2.45, 2.75) is 4.37 Å². The first-order valence-electron chi connectivity index (χ1n) is 1.13. The summed E-state index contributed by atoms with van der Waals surface area (Å²) in [4.78, 5) is 0. The quantitative estimate of drug-likeness (QED) is 0.395. The van der Waals surface area contributed by atoms with Gasteiger partial charge in [-0.05, 0) is 0 Å². The molecule has 22 valence electrons. The summed E-state index contributed by atoms with van der Waals surface area (Å²) in [5, 5.41) is 0. The van der Waals surface area contributed by atoms with Crippen LogP contribution in [0.15, 0.2) is 12.7 Å². The molecule has 0 aliphatic heterocycles. The molecule has 0 spiro atoms. The van der Waals surface area contributed by atoms with Gasteiger partial charge in [0, 0.05) is 0 Å². The minimum atomic E-state index is 1.13. The van der Waals surface area contributed by atoms with Gasteiger partial charge in [0.2, 0.25) is 0 Å². The summed E-state index contributed by atoms with van der Waals surface area (Å²) < 4.78 is 1.13. The fourth-order valence-corrected chi connectivity index (χ4v) is 0. The Bertz CT molecular complexity index is 17.2. The second kappa shape index (κ2) is 3.56. The molecule has 0 nitrogen and oxygen atoms in total. The maximum atomic E-state index is 3.49. The first-order valence-corrected chi connectivity index (χ1v) is 2.94. The van der Waals surface area contributed by atoms with Gasteiger partial charge in [-0.2, -0.15) is 0 Å². The van der Waals surface area contributed by atoms with Crippen LogP contribution in [0.4, 0.5) is 0 Å². The Morgan fingerprint density at radius 3 is 2.25 bits per heavy atom. The predicted octanol–water partition coefficient (Wildman–Crippen LogP) is 0.759. The van der Waals surface area contributed by atoms with Crippen LogP contribution in [0, 0.1) is 0 Å². The number of hydrogen-bond donors (Lipinski definition) is 0. The molecule has 0 aromatic rings. The van der Waals surface area contributed by atoms with Crippen LogP contribution in [0.25, 0.3) is 0 Å². The molecular formula is C3H5Sb. The van der Waals surface area contributed by atoms with Gasteiger partial charge in [-0.25, -0.2) is 0 Å². The molecule has 4 heavy (non-hydrogen) atoms. The second-order valence-electron chi connectivity index (χ2n) is 0.471. The molecular weight excluding hydrogens is 158 g/mol. The Morgan fingerprint density at radius 1 is 2.00 bits per heavy atom. The Hall–Kier alpha value is 0.558. The van der Waals surface area contributed by atoms with Gasteiger partial charge in [0.15, 0.2) is 0 Å². The van der Waals surface area contributed by atoms with E-state index >= 15 is 0 Å². The van der Waals surface area contributed by atoms with Gasteiger partial charge in [-0.15, -0.1) is 0 Å². The summed E-state index contributed by atoms with van der Waals surface area (Å²) in [5.74, 6) is 0. The fraction of sp³-hybridized carbons (Fsp3) is 0.333. The molecule has 0 unspecified atom stereocenters. The molecule has 0 aromatic heterocycles. The van der Waals surface area contributed by atoms with Crippen LogP contribution in [-0.4, -0.2) is 23.0 Å². The Labute approximate surface area is 40.4 Å². The van der Waals surface area contributed by atoms with Crippen molar-refractivity contribution in [3.63, 3.8) is 0 Å². The van der Waals surface area contributed by atoms with E-state index in [2.05, 4.69) is 6.58 Å². The van der Waals surface area contributed by atoms with E-state index in [0.29, 0.717) is 0 Å². The van der Waals surface area contributed by atoms with Crippen LogP contribution in [-0.2, 0) is 0 Å². The molecule has 0 rings (SSSR count). The van der Waals surface area contributed by atoms with Crippen molar-refractivity contribution < 1.29 is 0 Å². The molecule has 0 saturated heterocycles. The van der Waals surface area contributed by atoms with Gasteiger partial charge in [-0.1, -0.05) is 0 Å². The third kappa shape index (κ3) is 2.56. The molecule has 0 bridgehead atoms. The number of allylic oxidation sites excluding steroid dienone is 1. The summed E-state index contributed by atoms with van der Waals surface area (Å²) in [6.45, 7) is 3.49. The number of rotatable bonds is 1. The van der Waals surface area contributed by atoms with E-state index in [4.69, 9.17) is 0 Å². The zero-order chi connectivity index (χ0) is 3.41. The third-order valence-corrected chi connectivity index (χ3v) is 0.866. The van der Waals surface area contributed by atoms with Crippen molar-refractivity contribution in [1.82, 2.24) is 0 Å². The molecule has 0 fully saturated rings. The molecule has 0 atom stereocenters. The molecule has 0 aliphatic carbocycles. The van der Waals surface area contributed by atoms with E-state index in [1.54, 1.807) is 23.0 Å². The normalized spacial score (nSPS) is 6.25. The first kappa shape index (κ1) is 4.56. The second-order valence-corrected chi connectivity index (χ2v) is 1.51. The molecule has 0 aromatic carbocycles. The van der Waals surface area contributed by atoms with Crippen LogP contribution >= 0.6 is 0 Å². The number of hydrogen-bond acceptors (Lipinski definition) is 0. The van der Waals surface area contributed by atoms with Gasteiger partial charge in [0.1, 0.15) is 0 Å². The average molecular weight is 163 g/mol. The monoisotopic (exact) mass is 162 g/mol. The van der Waals surface area contributed by atoms with Gasteiger partial charge in [0.25, 0.3) is 0 Å². The standard InChI is InChI=1S/C3H5.Sb/c1-3-2;/h3H,1-2H2;. The molecule has 2 radical (unpaired) electrons. The van der Waals surface area contributed by atoms with Crippen LogP contribution in [0.1, 0.15) is 0 Å². The van der Waals surface area contributed by atoms with E-state index < -0.39 is 0 Å². The summed E-state index contributed by atoms with van der Waals surface area (Å²) in [5.41, 5.74) is 0. The summed E-state index contributed by atoms with van der Waals surface area (Å²) in [6.07, 6.45) is 1.90. The van der Waals surface area contributed by atoms with Crippen LogP contribution < -0.4 is 0 Å². The van der Waals surface area contributed by atoms with E-state index in [0.717, 1.165) is 4.37 Å². The van der Waals surface area contributed by atoms with Crippen molar-refractivity contribution in [3.8, 4) is 0 Å². The van der Waals surface area contributed by atoms with E-state index in [-0.39, 0.29) is 0 Å². The maximum absolute atomic E-state index is 3.49. The van der Waals surface area contributed by atoms with Crippen molar-refractivity contribution in [3.05, 3.63) is 12.7 Å². The van der Waals surface area contributed by atoms with Gasteiger partial charge in [-0.3, -0.25) is 0 Å². The molecule has 0 saturated carbocycles. The van der Waals surface area contributed by atoms with Crippen molar-refractivity contribution >= 4 is 23.0 Å². The van der Waals surface area contributed by atoms with Crippen LogP contribution in [0.5, 0.6) is 0 Å². The molecule has 0 heterocycles. The first-order chi connectivity index (χ1) is 1.91. The third-order valence-electron chi connectivity index (χ3n) is 0.129. The Kier molecular flexibility index (Phi) is 4.05. The van der Waals surface area contributed by atoms with E-state index in [1.807, 2.05) is 6.08 Å². The van der Waals surface area contributed by atoms with Gasteiger partial charge < -0.3 is 0 Å². The minimum absolute atomic E-state index is 1.13. The van der Waals surface area contributed by atoms with Crippen molar-refractivity contribution in [2.75, 3.05) is 0 Å². The molecule has 0 N–H and O–H groups in total. The van der Waals surface area contributed by atoms with E-state index in [1.165, 1.54) is 0 Å². The SMILES string of the molecule is C=C[CH2][Sb]. The average Bonchev–Trinajstić information content (AvgIpc) is 1.37. The molecule has 0 aliphatic rings. The Balaban J connectivity index is 2.30. The zero-order valence-electron chi connectivity index (χ0n) is 2.44. The van der Waals surface area contributed by atoms with Crippen LogP contribution in [0.2, 0.25) is 4.37 Å². The zero-order valence-corrected chi connectivity index (χ0v) is 4.99. The topological polar surface area (TPSA) is 0 Å². The fourth-order valence-electron chi connectivity index (χ4n) is 0. The summed E-state index contributed by atoms with van der Waals surface area (Å²) in [7, 11) is 0.